The van der Waals surface area contributed by atoms with E-state index in [4.69, 9.17) is 9.26 Å². The van der Waals surface area contributed by atoms with E-state index in [0.717, 1.165) is 29.9 Å². The van der Waals surface area contributed by atoms with Crippen molar-refractivity contribution in [3.8, 4) is 0 Å². The number of nitrogens with one attached hydrogen (secondary N) is 1. The summed E-state index contributed by atoms with van der Waals surface area (Å²) in [4.78, 5) is 14.1. The van der Waals surface area contributed by atoms with Crippen LogP contribution in [-0.4, -0.2) is 47.9 Å². The molecule has 1 aliphatic rings. The Balaban J connectivity index is 1.81. The molecule has 0 aliphatic carbocycles. The van der Waals surface area contributed by atoms with Gasteiger partial charge < -0.3 is 19.5 Å². The Morgan fingerprint density at radius 1 is 1.43 bits per heavy atom. The Morgan fingerprint density at radius 3 is 2.81 bits per heavy atom. The van der Waals surface area contributed by atoms with Gasteiger partial charge in [-0.2, -0.15) is 0 Å². The van der Waals surface area contributed by atoms with Gasteiger partial charge in [-0.25, -0.2) is 4.79 Å². The topological polar surface area (TPSA) is 67.6 Å². The number of amides is 2. The summed E-state index contributed by atoms with van der Waals surface area (Å²) in [6, 6.07) is -0.0182. The number of ether oxygens (including phenoxy) is 1. The van der Waals surface area contributed by atoms with E-state index in [9.17, 15) is 4.79 Å². The molecular formula is C15H25N3O3. The Kier molecular flexibility index (Phi) is 5.22. The quantitative estimate of drug-likeness (QED) is 0.923. The normalized spacial score (nSPS) is 22.4. The van der Waals surface area contributed by atoms with E-state index in [2.05, 4.69) is 17.4 Å². The first kappa shape index (κ1) is 15.8. The molecule has 0 radical (unpaired) electrons. The van der Waals surface area contributed by atoms with Gasteiger partial charge in [0.25, 0.3) is 0 Å². The lowest BCUT2D eigenvalue weighted by Crippen LogP contribution is -2.52. The van der Waals surface area contributed by atoms with Crippen LogP contribution in [0.3, 0.4) is 0 Å². The second-order valence-electron chi connectivity index (χ2n) is 5.67. The fraction of sp³-hybridized carbons (Fsp3) is 0.733. The summed E-state index contributed by atoms with van der Waals surface area (Å²) in [6.07, 6.45) is 1.90. The molecule has 2 heterocycles. The number of hydrogen-bond donors (Lipinski definition) is 1. The average Bonchev–Trinajstić information content (AvgIpc) is 2.78. The first-order chi connectivity index (χ1) is 10.0. The SMILES string of the molecule is CC[C@@H]1CN(C(=O)NCCc2c(C)noc2C)C[C@@H](C)O1. The molecule has 6 heteroatoms. The highest BCUT2D eigenvalue weighted by Gasteiger charge is 2.27. The lowest BCUT2D eigenvalue weighted by Gasteiger charge is -2.36. The zero-order chi connectivity index (χ0) is 15.4. The summed E-state index contributed by atoms with van der Waals surface area (Å²) in [5.41, 5.74) is 1.98. The minimum absolute atomic E-state index is 0.0182. The zero-order valence-electron chi connectivity index (χ0n) is 13.3. The number of aryl methyl sites for hydroxylation is 2. The molecule has 1 aliphatic heterocycles. The van der Waals surface area contributed by atoms with Crippen LogP contribution in [0.1, 0.15) is 37.3 Å². The number of aromatic nitrogens is 1. The van der Waals surface area contributed by atoms with Crippen LogP contribution in [0.4, 0.5) is 4.79 Å². The van der Waals surface area contributed by atoms with Crippen molar-refractivity contribution in [1.82, 2.24) is 15.4 Å². The third kappa shape index (κ3) is 3.97. The molecule has 0 unspecified atom stereocenters. The van der Waals surface area contributed by atoms with Crippen LogP contribution in [0.15, 0.2) is 4.52 Å². The van der Waals surface area contributed by atoms with Crippen molar-refractivity contribution in [2.75, 3.05) is 19.6 Å². The molecule has 118 valence electrons. The first-order valence-electron chi connectivity index (χ1n) is 7.61. The van der Waals surface area contributed by atoms with E-state index in [1.807, 2.05) is 25.7 Å². The van der Waals surface area contributed by atoms with Gasteiger partial charge in [-0.3, -0.25) is 0 Å². The van der Waals surface area contributed by atoms with Crippen LogP contribution in [0.2, 0.25) is 0 Å². The van der Waals surface area contributed by atoms with Gasteiger partial charge >= 0.3 is 6.03 Å². The second-order valence-corrected chi connectivity index (χ2v) is 5.67. The van der Waals surface area contributed by atoms with Crippen LogP contribution >= 0.6 is 0 Å². The largest absolute Gasteiger partial charge is 0.372 e. The molecule has 0 bridgehead atoms. The summed E-state index contributed by atoms with van der Waals surface area (Å²) in [7, 11) is 0. The van der Waals surface area contributed by atoms with Gasteiger partial charge in [-0.1, -0.05) is 12.1 Å². The van der Waals surface area contributed by atoms with Crippen molar-refractivity contribution in [2.45, 2.75) is 52.7 Å². The van der Waals surface area contributed by atoms with Gasteiger partial charge in [0.05, 0.1) is 17.9 Å². The van der Waals surface area contributed by atoms with E-state index in [-0.39, 0.29) is 18.2 Å². The molecular weight excluding hydrogens is 270 g/mol. The Labute approximate surface area is 125 Å². The molecule has 0 spiro atoms. The van der Waals surface area contributed by atoms with Crippen molar-refractivity contribution < 1.29 is 14.1 Å². The highest BCUT2D eigenvalue weighted by atomic mass is 16.5. The summed E-state index contributed by atoms with van der Waals surface area (Å²) in [6.45, 7) is 9.80. The number of carbonyl (C=O) groups is 1. The number of morpholine rings is 1. The molecule has 0 aromatic carbocycles. The van der Waals surface area contributed by atoms with Gasteiger partial charge in [-0.15, -0.1) is 0 Å². The van der Waals surface area contributed by atoms with E-state index in [1.54, 1.807) is 0 Å². The van der Waals surface area contributed by atoms with Crippen LogP contribution in [0.25, 0.3) is 0 Å². The molecule has 1 aromatic heterocycles. The minimum atomic E-state index is -0.0182. The van der Waals surface area contributed by atoms with E-state index in [1.165, 1.54) is 0 Å². The molecule has 0 saturated carbocycles. The molecule has 2 amide bonds. The molecule has 2 atom stereocenters. The molecule has 1 fully saturated rings. The predicted octanol–water partition coefficient (Wildman–Crippen LogP) is 2.04. The summed E-state index contributed by atoms with van der Waals surface area (Å²) in [5, 5.41) is 6.89. The second kappa shape index (κ2) is 6.93. The van der Waals surface area contributed by atoms with Crippen LogP contribution < -0.4 is 5.32 Å². The van der Waals surface area contributed by atoms with Crippen molar-refractivity contribution in [3.05, 3.63) is 17.0 Å². The maximum Gasteiger partial charge on any atom is 0.317 e. The summed E-state index contributed by atoms with van der Waals surface area (Å²) in [5.74, 6) is 0.827. The lowest BCUT2D eigenvalue weighted by atomic mass is 10.1. The standard InChI is InChI=1S/C15H25N3O3/c1-5-13-9-18(8-10(2)20-13)15(19)16-7-6-14-11(3)17-21-12(14)4/h10,13H,5-9H2,1-4H3,(H,16,19)/t10-,13-/m1/s1. The van der Waals surface area contributed by atoms with E-state index < -0.39 is 0 Å². The molecule has 1 aromatic rings. The highest BCUT2D eigenvalue weighted by molar-refractivity contribution is 5.74. The van der Waals surface area contributed by atoms with E-state index in [0.29, 0.717) is 19.6 Å². The van der Waals surface area contributed by atoms with Crippen molar-refractivity contribution >= 4 is 6.03 Å². The fourth-order valence-corrected chi connectivity index (χ4v) is 2.70. The Bertz CT molecular complexity index is 467. The third-order valence-electron chi connectivity index (χ3n) is 3.90. The molecule has 2 rings (SSSR count). The maximum atomic E-state index is 12.2. The molecule has 1 N–H and O–H groups in total. The smallest absolute Gasteiger partial charge is 0.317 e. The Hall–Kier alpha value is -1.56. The minimum Gasteiger partial charge on any atom is -0.372 e. The van der Waals surface area contributed by atoms with Crippen molar-refractivity contribution in [1.29, 1.82) is 0 Å². The van der Waals surface area contributed by atoms with Gasteiger partial charge in [0.15, 0.2) is 0 Å². The molecule has 6 nitrogen and oxygen atoms in total. The lowest BCUT2D eigenvalue weighted by molar-refractivity contribution is -0.0645. The number of rotatable bonds is 4. The van der Waals surface area contributed by atoms with Crippen molar-refractivity contribution in [3.63, 3.8) is 0 Å². The van der Waals surface area contributed by atoms with Crippen LogP contribution in [0.5, 0.6) is 0 Å². The van der Waals surface area contributed by atoms with Crippen molar-refractivity contribution in [2.24, 2.45) is 0 Å². The average molecular weight is 295 g/mol. The summed E-state index contributed by atoms with van der Waals surface area (Å²) >= 11 is 0. The maximum absolute atomic E-state index is 12.2. The van der Waals surface area contributed by atoms with Crippen LogP contribution in [-0.2, 0) is 11.2 Å². The predicted molar refractivity (Wildman–Crippen MR) is 79.3 cm³/mol. The fourth-order valence-electron chi connectivity index (χ4n) is 2.70. The monoisotopic (exact) mass is 295 g/mol. The summed E-state index contributed by atoms with van der Waals surface area (Å²) < 4.78 is 10.9. The Morgan fingerprint density at radius 2 is 2.19 bits per heavy atom. The first-order valence-corrected chi connectivity index (χ1v) is 7.61. The molecule has 21 heavy (non-hydrogen) atoms. The highest BCUT2D eigenvalue weighted by Crippen LogP contribution is 2.14. The number of hydrogen-bond acceptors (Lipinski definition) is 4. The van der Waals surface area contributed by atoms with Gasteiger partial charge in [0.1, 0.15) is 5.76 Å². The zero-order valence-corrected chi connectivity index (χ0v) is 13.3. The van der Waals surface area contributed by atoms with Crippen LogP contribution in [0, 0.1) is 13.8 Å². The van der Waals surface area contributed by atoms with Gasteiger partial charge in [-0.05, 0) is 33.6 Å². The van der Waals surface area contributed by atoms with Gasteiger partial charge in [0.2, 0.25) is 0 Å². The number of carbonyl (C=O) groups excluding carboxylic acids is 1. The third-order valence-corrected chi connectivity index (χ3v) is 3.90. The molecule has 1 saturated heterocycles. The van der Waals surface area contributed by atoms with Gasteiger partial charge in [0, 0.05) is 25.2 Å². The number of nitrogens with zero attached hydrogens (tertiary/aromatic N) is 2. The number of urea groups is 1. The van der Waals surface area contributed by atoms with E-state index >= 15 is 0 Å².